The minimum Gasteiger partial charge on any atom is -0.495 e. The molecule has 0 aromatic heterocycles. The number of carbonyl (C=O) groups excluding carboxylic acids is 2. The molecule has 0 aliphatic carbocycles. The number of benzene rings is 1. The maximum absolute atomic E-state index is 12.6. The van der Waals surface area contributed by atoms with Crippen LogP contribution in [0.15, 0.2) is 18.2 Å². The maximum atomic E-state index is 12.6. The number of hydrogen-bond acceptors (Lipinski definition) is 4. The molecule has 0 radical (unpaired) electrons. The second kappa shape index (κ2) is 5.27. The molecular formula is C15H19N3O3. The van der Waals surface area contributed by atoms with E-state index >= 15 is 0 Å². The van der Waals surface area contributed by atoms with Gasteiger partial charge in [-0.2, -0.15) is 0 Å². The Morgan fingerprint density at radius 1 is 1.38 bits per heavy atom. The minimum atomic E-state index is -0.0349. The summed E-state index contributed by atoms with van der Waals surface area (Å²) in [7, 11) is 1.53. The van der Waals surface area contributed by atoms with Crippen LogP contribution in [0.1, 0.15) is 23.2 Å². The zero-order chi connectivity index (χ0) is 15.0. The summed E-state index contributed by atoms with van der Waals surface area (Å²) in [6.45, 7) is 1.81. The smallest absolute Gasteiger partial charge is 0.254 e. The Kier molecular flexibility index (Phi) is 3.45. The van der Waals surface area contributed by atoms with E-state index in [4.69, 9.17) is 10.5 Å². The van der Waals surface area contributed by atoms with E-state index in [-0.39, 0.29) is 17.9 Å². The summed E-state index contributed by atoms with van der Waals surface area (Å²) in [5, 5.41) is 0. The largest absolute Gasteiger partial charge is 0.495 e. The summed E-state index contributed by atoms with van der Waals surface area (Å²) < 4.78 is 5.16. The van der Waals surface area contributed by atoms with Crippen molar-refractivity contribution in [2.24, 2.45) is 0 Å². The van der Waals surface area contributed by atoms with Crippen molar-refractivity contribution in [1.82, 2.24) is 9.80 Å². The van der Waals surface area contributed by atoms with Gasteiger partial charge in [-0.1, -0.05) is 0 Å². The highest BCUT2D eigenvalue weighted by atomic mass is 16.5. The second-order valence-electron chi connectivity index (χ2n) is 5.49. The zero-order valence-electron chi connectivity index (χ0n) is 12.0. The van der Waals surface area contributed by atoms with Gasteiger partial charge in [-0.05, 0) is 24.6 Å². The molecule has 3 rings (SSSR count). The van der Waals surface area contributed by atoms with Gasteiger partial charge in [-0.15, -0.1) is 0 Å². The highest BCUT2D eigenvalue weighted by Gasteiger charge is 2.37. The standard InChI is InChI=1S/C15H19N3O3/c1-21-13-8-10(2-4-12(13)16)15(20)17-6-7-18-11(9-17)3-5-14(18)19/h2,4,8,11H,3,5-7,9,16H2,1H3. The fourth-order valence-corrected chi connectivity index (χ4v) is 3.08. The first-order valence-corrected chi connectivity index (χ1v) is 7.12. The number of hydrogen-bond donors (Lipinski definition) is 1. The third-order valence-electron chi connectivity index (χ3n) is 4.26. The van der Waals surface area contributed by atoms with Crippen LogP contribution in [0.3, 0.4) is 0 Å². The summed E-state index contributed by atoms with van der Waals surface area (Å²) in [6.07, 6.45) is 1.44. The Hall–Kier alpha value is -2.24. The number of piperazine rings is 1. The molecule has 2 amide bonds. The van der Waals surface area contributed by atoms with Gasteiger partial charge in [-0.3, -0.25) is 9.59 Å². The molecule has 0 bridgehead atoms. The first kappa shape index (κ1) is 13.7. The molecule has 1 unspecified atom stereocenters. The number of fused-ring (bicyclic) bond motifs is 1. The molecular weight excluding hydrogens is 270 g/mol. The van der Waals surface area contributed by atoms with Crippen molar-refractivity contribution in [3.63, 3.8) is 0 Å². The number of carbonyl (C=O) groups is 2. The Morgan fingerprint density at radius 3 is 2.95 bits per heavy atom. The average Bonchev–Trinajstić information content (AvgIpc) is 2.88. The molecule has 1 aromatic rings. The Morgan fingerprint density at radius 2 is 2.19 bits per heavy atom. The highest BCUT2D eigenvalue weighted by molar-refractivity contribution is 5.95. The quantitative estimate of drug-likeness (QED) is 0.814. The Bertz CT molecular complexity index is 588. The van der Waals surface area contributed by atoms with Crippen LogP contribution in [0, 0.1) is 0 Å². The van der Waals surface area contributed by atoms with Crippen LogP contribution in [0.25, 0.3) is 0 Å². The third-order valence-corrected chi connectivity index (χ3v) is 4.26. The van der Waals surface area contributed by atoms with Gasteiger partial charge in [0.15, 0.2) is 0 Å². The van der Waals surface area contributed by atoms with E-state index < -0.39 is 0 Å². The fraction of sp³-hybridized carbons (Fsp3) is 0.467. The van der Waals surface area contributed by atoms with E-state index in [9.17, 15) is 9.59 Å². The molecule has 2 aliphatic heterocycles. The number of methoxy groups -OCH3 is 1. The number of nitrogens with two attached hydrogens (primary N) is 1. The topological polar surface area (TPSA) is 75.9 Å². The lowest BCUT2D eigenvalue weighted by Crippen LogP contribution is -2.53. The van der Waals surface area contributed by atoms with Gasteiger partial charge in [0.05, 0.1) is 12.8 Å². The van der Waals surface area contributed by atoms with E-state index in [0.29, 0.717) is 43.1 Å². The molecule has 2 saturated heterocycles. The van der Waals surface area contributed by atoms with Crippen molar-refractivity contribution in [2.45, 2.75) is 18.9 Å². The van der Waals surface area contributed by atoms with Crippen molar-refractivity contribution >= 4 is 17.5 Å². The lowest BCUT2D eigenvalue weighted by molar-refractivity contribution is -0.130. The van der Waals surface area contributed by atoms with Crippen LogP contribution in [-0.2, 0) is 4.79 Å². The number of ether oxygens (including phenoxy) is 1. The fourth-order valence-electron chi connectivity index (χ4n) is 3.08. The molecule has 1 aromatic carbocycles. The maximum Gasteiger partial charge on any atom is 0.254 e. The zero-order valence-corrected chi connectivity index (χ0v) is 12.0. The number of nitrogens with zero attached hydrogens (tertiary/aromatic N) is 2. The number of nitrogen functional groups attached to an aromatic ring is 1. The molecule has 0 spiro atoms. The molecule has 2 N–H and O–H groups in total. The van der Waals surface area contributed by atoms with Gasteiger partial charge in [0.1, 0.15) is 5.75 Å². The lowest BCUT2D eigenvalue weighted by atomic mass is 10.1. The molecule has 6 heteroatoms. The van der Waals surface area contributed by atoms with E-state index in [1.165, 1.54) is 7.11 Å². The van der Waals surface area contributed by atoms with E-state index in [0.717, 1.165) is 6.42 Å². The molecule has 21 heavy (non-hydrogen) atoms. The van der Waals surface area contributed by atoms with Crippen molar-refractivity contribution in [3.8, 4) is 5.75 Å². The van der Waals surface area contributed by atoms with Gasteiger partial charge in [0.2, 0.25) is 5.91 Å². The minimum absolute atomic E-state index is 0.0349. The van der Waals surface area contributed by atoms with Crippen LogP contribution in [0.5, 0.6) is 5.75 Å². The average molecular weight is 289 g/mol. The summed E-state index contributed by atoms with van der Waals surface area (Å²) in [4.78, 5) is 27.9. The van der Waals surface area contributed by atoms with Crippen LogP contribution in [0.2, 0.25) is 0 Å². The Balaban J connectivity index is 1.75. The first-order valence-electron chi connectivity index (χ1n) is 7.12. The summed E-state index contributed by atoms with van der Waals surface area (Å²) in [5.74, 6) is 0.684. The summed E-state index contributed by atoms with van der Waals surface area (Å²) in [6, 6.07) is 5.24. The molecule has 2 fully saturated rings. The predicted molar refractivity (Wildman–Crippen MR) is 78.0 cm³/mol. The van der Waals surface area contributed by atoms with E-state index in [2.05, 4.69) is 0 Å². The van der Waals surface area contributed by atoms with Crippen LogP contribution >= 0.6 is 0 Å². The van der Waals surface area contributed by atoms with Crippen LogP contribution in [-0.4, -0.2) is 54.4 Å². The molecule has 6 nitrogen and oxygen atoms in total. The number of amides is 2. The highest BCUT2D eigenvalue weighted by Crippen LogP contribution is 2.26. The number of rotatable bonds is 2. The molecule has 1 atom stereocenters. The molecule has 0 saturated carbocycles. The van der Waals surface area contributed by atoms with Gasteiger partial charge in [-0.25, -0.2) is 0 Å². The molecule has 2 heterocycles. The van der Waals surface area contributed by atoms with Crippen molar-refractivity contribution in [2.75, 3.05) is 32.5 Å². The molecule has 112 valence electrons. The SMILES string of the molecule is COc1cc(C(=O)N2CCN3C(=O)CCC3C2)ccc1N. The van der Waals surface area contributed by atoms with Gasteiger partial charge >= 0.3 is 0 Å². The third kappa shape index (κ3) is 2.41. The summed E-state index contributed by atoms with van der Waals surface area (Å²) in [5.41, 5.74) is 6.85. The van der Waals surface area contributed by atoms with E-state index in [1.807, 2.05) is 9.80 Å². The van der Waals surface area contributed by atoms with Crippen molar-refractivity contribution < 1.29 is 14.3 Å². The monoisotopic (exact) mass is 289 g/mol. The first-order chi connectivity index (χ1) is 10.1. The van der Waals surface area contributed by atoms with Gasteiger partial charge in [0, 0.05) is 37.7 Å². The van der Waals surface area contributed by atoms with Gasteiger partial charge in [0.25, 0.3) is 5.91 Å². The number of anilines is 1. The molecule has 2 aliphatic rings. The lowest BCUT2D eigenvalue weighted by Gasteiger charge is -2.37. The van der Waals surface area contributed by atoms with Crippen molar-refractivity contribution in [1.29, 1.82) is 0 Å². The predicted octanol–water partition coefficient (Wildman–Crippen LogP) is 0.724. The van der Waals surface area contributed by atoms with Crippen molar-refractivity contribution in [3.05, 3.63) is 23.8 Å². The summed E-state index contributed by atoms with van der Waals surface area (Å²) >= 11 is 0. The van der Waals surface area contributed by atoms with E-state index in [1.54, 1.807) is 18.2 Å². The van der Waals surface area contributed by atoms with Crippen LogP contribution in [0.4, 0.5) is 5.69 Å². The van der Waals surface area contributed by atoms with Gasteiger partial charge < -0.3 is 20.3 Å². The normalized spacial score (nSPS) is 21.4. The van der Waals surface area contributed by atoms with Crippen LogP contribution < -0.4 is 10.5 Å². The Labute approximate surface area is 123 Å². The second-order valence-corrected chi connectivity index (χ2v) is 5.49.